The molecular formula is C21H20. The van der Waals surface area contributed by atoms with E-state index in [1.807, 2.05) is 0 Å². The molecular weight excluding hydrogens is 252 g/mol. The van der Waals surface area contributed by atoms with Crippen LogP contribution in [0.4, 0.5) is 0 Å². The van der Waals surface area contributed by atoms with Crippen molar-refractivity contribution in [2.45, 2.75) is 32.6 Å². The monoisotopic (exact) mass is 272 g/mol. The van der Waals surface area contributed by atoms with Crippen LogP contribution in [0.15, 0.2) is 54.6 Å². The van der Waals surface area contributed by atoms with Gasteiger partial charge in [0.25, 0.3) is 0 Å². The summed E-state index contributed by atoms with van der Waals surface area (Å²) in [4.78, 5) is 0. The molecule has 0 fully saturated rings. The first-order chi connectivity index (χ1) is 10.3. The number of hydrogen-bond donors (Lipinski definition) is 0. The van der Waals surface area contributed by atoms with Gasteiger partial charge in [0, 0.05) is 0 Å². The first kappa shape index (κ1) is 12.6. The van der Waals surface area contributed by atoms with Crippen molar-refractivity contribution < 1.29 is 0 Å². The van der Waals surface area contributed by atoms with Crippen LogP contribution in [-0.2, 0) is 12.8 Å². The van der Waals surface area contributed by atoms with Gasteiger partial charge in [-0.05, 0) is 65.6 Å². The average molecular weight is 272 g/mol. The van der Waals surface area contributed by atoms with Gasteiger partial charge in [0.15, 0.2) is 0 Å². The lowest BCUT2D eigenvalue weighted by Crippen LogP contribution is -2.05. The Morgan fingerprint density at radius 3 is 2.57 bits per heavy atom. The van der Waals surface area contributed by atoms with Crippen molar-refractivity contribution in [2.24, 2.45) is 0 Å². The minimum absolute atomic E-state index is 1.23. The van der Waals surface area contributed by atoms with E-state index in [1.165, 1.54) is 53.1 Å². The summed E-state index contributed by atoms with van der Waals surface area (Å²) >= 11 is 0. The highest BCUT2D eigenvalue weighted by atomic mass is 14.2. The molecule has 0 saturated heterocycles. The van der Waals surface area contributed by atoms with Crippen molar-refractivity contribution in [2.75, 3.05) is 0 Å². The van der Waals surface area contributed by atoms with Crippen LogP contribution in [0.5, 0.6) is 0 Å². The van der Waals surface area contributed by atoms with Crippen molar-refractivity contribution in [3.8, 4) is 11.1 Å². The van der Waals surface area contributed by atoms with E-state index in [-0.39, 0.29) is 0 Å². The van der Waals surface area contributed by atoms with Crippen LogP contribution in [0, 0.1) is 6.92 Å². The number of rotatable bonds is 1. The molecule has 0 heteroatoms. The fourth-order valence-electron chi connectivity index (χ4n) is 3.70. The Kier molecular flexibility index (Phi) is 3.03. The second-order valence-corrected chi connectivity index (χ2v) is 6.19. The molecule has 0 N–H and O–H groups in total. The zero-order valence-electron chi connectivity index (χ0n) is 12.5. The first-order valence-corrected chi connectivity index (χ1v) is 7.93. The second kappa shape index (κ2) is 5.04. The molecule has 1 aliphatic rings. The molecule has 0 atom stereocenters. The van der Waals surface area contributed by atoms with Gasteiger partial charge >= 0.3 is 0 Å². The van der Waals surface area contributed by atoms with Crippen LogP contribution in [0.25, 0.3) is 21.9 Å². The normalized spacial score (nSPS) is 14.1. The molecule has 3 aromatic carbocycles. The van der Waals surface area contributed by atoms with Crippen molar-refractivity contribution >= 4 is 10.8 Å². The predicted molar refractivity (Wildman–Crippen MR) is 90.8 cm³/mol. The summed E-state index contributed by atoms with van der Waals surface area (Å²) in [6.45, 7) is 2.18. The van der Waals surface area contributed by atoms with Crippen LogP contribution in [0.2, 0.25) is 0 Å². The quantitative estimate of drug-likeness (QED) is 0.533. The molecule has 0 amide bonds. The maximum atomic E-state index is 2.42. The average Bonchev–Trinajstić information content (AvgIpc) is 2.52. The molecule has 0 nitrogen and oxygen atoms in total. The number of hydrogen-bond acceptors (Lipinski definition) is 0. The lowest BCUT2D eigenvalue weighted by Gasteiger charge is -2.22. The molecule has 21 heavy (non-hydrogen) atoms. The topological polar surface area (TPSA) is 0 Å². The minimum Gasteiger partial charge on any atom is -0.0616 e. The minimum atomic E-state index is 1.23. The molecule has 1 aliphatic carbocycles. The lowest BCUT2D eigenvalue weighted by molar-refractivity contribution is 0.688. The smallest absolute Gasteiger partial charge is 0.00705 e. The predicted octanol–water partition coefficient (Wildman–Crippen LogP) is 5.69. The highest BCUT2D eigenvalue weighted by Gasteiger charge is 2.17. The molecule has 4 rings (SSSR count). The van der Waals surface area contributed by atoms with Crippen LogP contribution < -0.4 is 0 Å². The SMILES string of the molecule is Cc1cccc(-c2c3c(cc4ccccc24)CCCC3)c1. The van der Waals surface area contributed by atoms with Crippen LogP contribution in [0.3, 0.4) is 0 Å². The molecule has 0 saturated carbocycles. The Bertz CT molecular complexity index is 811. The molecule has 104 valence electrons. The van der Waals surface area contributed by atoms with Gasteiger partial charge in [-0.1, -0.05) is 60.2 Å². The standard InChI is InChI=1S/C21H20/c1-15-7-6-10-18(13-15)21-19-11-4-2-8-16(19)14-17-9-3-5-12-20(17)21/h2,4,6-8,10-11,13-14H,3,5,9,12H2,1H3. The summed E-state index contributed by atoms with van der Waals surface area (Å²) in [7, 11) is 0. The molecule has 0 bridgehead atoms. The van der Waals surface area contributed by atoms with Crippen LogP contribution in [-0.4, -0.2) is 0 Å². The highest BCUT2D eigenvalue weighted by Crippen LogP contribution is 2.38. The summed E-state index contributed by atoms with van der Waals surface area (Å²) < 4.78 is 0. The summed E-state index contributed by atoms with van der Waals surface area (Å²) in [5.74, 6) is 0. The first-order valence-electron chi connectivity index (χ1n) is 7.93. The zero-order valence-corrected chi connectivity index (χ0v) is 12.5. The van der Waals surface area contributed by atoms with E-state index in [4.69, 9.17) is 0 Å². The Morgan fingerprint density at radius 1 is 0.810 bits per heavy atom. The summed E-state index contributed by atoms with van der Waals surface area (Å²) in [6.07, 6.45) is 5.12. The van der Waals surface area contributed by atoms with Gasteiger partial charge in [0.1, 0.15) is 0 Å². The van der Waals surface area contributed by atoms with Gasteiger partial charge in [-0.2, -0.15) is 0 Å². The molecule has 0 heterocycles. The summed E-state index contributed by atoms with van der Waals surface area (Å²) in [5.41, 5.74) is 7.35. The zero-order chi connectivity index (χ0) is 14.2. The molecule has 0 aromatic heterocycles. The fraction of sp³-hybridized carbons (Fsp3) is 0.238. The van der Waals surface area contributed by atoms with E-state index >= 15 is 0 Å². The van der Waals surface area contributed by atoms with E-state index in [0.29, 0.717) is 0 Å². The van der Waals surface area contributed by atoms with Crippen LogP contribution >= 0.6 is 0 Å². The highest BCUT2D eigenvalue weighted by molar-refractivity contribution is 5.99. The largest absolute Gasteiger partial charge is 0.0616 e. The Hall–Kier alpha value is -2.08. The van der Waals surface area contributed by atoms with Crippen molar-refractivity contribution in [3.05, 3.63) is 71.3 Å². The van der Waals surface area contributed by atoms with E-state index < -0.39 is 0 Å². The van der Waals surface area contributed by atoms with E-state index in [2.05, 4.69) is 61.5 Å². The lowest BCUT2D eigenvalue weighted by atomic mass is 9.82. The van der Waals surface area contributed by atoms with Gasteiger partial charge in [-0.15, -0.1) is 0 Å². The van der Waals surface area contributed by atoms with Gasteiger partial charge in [-0.3, -0.25) is 0 Å². The van der Waals surface area contributed by atoms with Gasteiger partial charge in [0.2, 0.25) is 0 Å². The third-order valence-electron chi connectivity index (χ3n) is 4.68. The maximum absolute atomic E-state index is 2.42. The van der Waals surface area contributed by atoms with Crippen molar-refractivity contribution in [1.82, 2.24) is 0 Å². The van der Waals surface area contributed by atoms with Crippen LogP contribution in [0.1, 0.15) is 29.5 Å². The molecule has 0 unspecified atom stereocenters. The summed E-state index contributed by atoms with van der Waals surface area (Å²) in [6, 6.07) is 20.2. The molecule has 0 spiro atoms. The fourth-order valence-corrected chi connectivity index (χ4v) is 3.70. The van der Waals surface area contributed by atoms with Crippen molar-refractivity contribution in [1.29, 1.82) is 0 Å². The van der Waals surface area contributed by atoms with Crippen molar-refractivity contribution in [3.63, 3.8) is 0 Å². The third-order valence-corrected chi connectivity index (χ3v) is 4.68. The Morgan fingerprint density at radius 2 is 1.67 bits per heavy atom. The van der Waals surface area contributed by atoms with Gasteiger partial charge in [-0.25, -0.2) is 0 Å². The van der Waals surface area contributed by atoms with Gasteiger partial charge < -0.3 is 0 Å². The van der Waals surface area contributed by atoms with E-state index in [9.17, 15) is 0 Å². The second-order valence-electron chi connectivity index (χ2n) is 6.19. The van der Waals surface area contributed by atoms with E-state index in [1.54, 1.807) is 11.1 Å². The summed E-state index contributed by atoms with van der Waals surface area (Å²) in [5, 5.41) is 2.79. The maximum Gasteiger partial charge on any atom is -0.00705 e. The molecule has 0 aliphatic heterocycles. The van der Waals surface area contributed by atoms with Gasteiger partial charge in [0.05, 0.1) is 0 Å². The number of benzene rings is 3. The number of fused-ring (bicyclic) bond motifs is 2. The third kappa shape index (κ3) is 2.15. The Labute approximate surface area is 126 Å². The Balaban J connectivity index is 2.09. The number of aryl methyl sites for hydroxylation is 2. The molecule has 3 aromatic rings. The molecule has 0 radical (unpaired) electrons. The van der Waals surface area contributed by atoms with E-state index in [0.717, 1.165) is 0 Å².